The molecule has 4 nitrogen and oxygen atoms in total. The smallest absolute Gasteiger partial charge is 0.144 e. The third-order valence-corrected chi connectivity index (χ3v) is 4.10. The van der Waals surface area contributed by atoms with Crippen LogP contribution in [0.1, 0.15) is 13.8 Å². The molecule has 0 fully saturated rings. The number of benzene rings is 1. The molecule has 0 saturated carbocycles. The highest BCUT2D eigenvalue weighted by Crippen LogP contribution is 2.25. The molecule has 1 aromatic carbocycles. The topological polar surface area (TPSA) is 81.5 Å². The zero-order valence-electron chi connectivity index (χ0n) is 10.3. The zero-order chi connectivity index (χ0) is 13.7. The highest BCUT2D eigenvalue weighted by atomic mass is 35.5. The second kappa shape index (κ2) is 6.56. The molecule has 0 spiro atoms. The zero-order valence-corrected chi connectivity index (χ0v) is 11.8. The van der Waals surface area contributed by atoms with E-state index in [2.05, 4.69) is 4.99 Å². The molecule has 1 aromatic rings. The highest BCUT2D eigenvalue weighted by Gasteiger charge is 2.13. The average Bonchev–Trinajstić information content (AvgIpc) is 2.37. The second-order valence-corrected chi connectivity index (χ2v) is 6.21. The molecule has 1 unspecified atom stereocenters. The van der Waals surface area contributed by atoms with Crippen LogP contribution in [0.15, 0.2) is 45.4 Å². The number of hydrogen-bond acceptors (Lipinski definition) is 3. The second-order valence-electron chi connectivity index (χ2n) is 3.83. The minimum atomic E-state index is -1.13. The SMILES string of the molecule is CC(C)S(=O)c1ccccc1N=C(N)/C(Cl)=C\N. The summed E-state index contributed by atoms with van der Waals surface area (Å²) in [4.78, 5) is 4.79. The lowest BCUT2D eigenvalue weighted by Crippen LogP contribution is -2.13. The Bertz CT molecular complexity index is 512. The molecule has 4 N–H and O–H groups in total. The molecule has 18 heavy (non-hydrogen) atoms. The minimum Gasteiger partial charge on any atom is -0.403 e. The Balaban J connectivity index is 3.22. The number of para-hydroxylation sites is 1. The Labute approximate surface area is 114 Å². The Kier molecular flexibility index (Phi) is 5.37. The van der Waals surface area contributed by atoms with Gasteiger partial charge in [-0.15, -0.1) is 0 Å². The number of aliphatic imine (C=N–C) groups is 1. The van der Waals surface area contributed by atoms with Crippen LogP contribution in [0.2, 0.25) is 0 Å². The molecule has 6 heteroatoms. The molecular weight excluding hydrogens is 270 g/mol. The van der Waals surface area contributed by atoms with Crippen molar-refractivity contribution in [3.05, 3.63) is 35.5 Å². The van der Waals surface area contributed by atoms with E-state index < -0.39 is 10.8 Å². The Morgan fingerprint density at radius 3 is 2.61 bits per heavy atom. The third-order valence-electron chi connectivity index (χ3n) is 2.14. The maximum Gasteiger partial charge on any atom is 0.144 e. The quantitative estimate of drug-likeness (QED) is 0.657. The van der Waals surface area contributed by atoms with Gasteiger partial charge in [-0.1, -0.05) is 37.6 Å². The summed E-state index contributed by atoms with van der Waals surface area (Å²) in [6.45, 7) is 3.76. The molecule has 0 radical (unpaired) electrons. The molecule has 98 valence electrons. The summed E-state index contributed by atoms with van der Waals surface area (Å²) in [6.07, 6.45) is 1.17. The van der Waals surface area contributed by atoms with Gasteiger partial charge in [0.1, 0.15) is 5.84 Å². The molecule has 0 aliphatic heterocycles. The summed E-state index contributed by atoms with van der Waals surface area (Å²) in [6, 6.07) is 7.11. The summed E-state index contributed by atoms with van der Waals surface area (Å²) < 4.78 is 12.1. The number of nitrogens with zero attached hydrogens (tertiary/aromatic N) is 1. The fraction of sp³-hybridized carbons (Fsp3) is 0.250. The monoisotopic (exact) mass is 285 g/mol. The standard InChI is InChI=1S/C12H16ClN3OS/c1-8(2)18(17)11-6-4-3-5-10(11)16-12(15)9(13)7-14/h3-8H,14H2,1-2H3,(H2,15,16)/b9-7+. The molecule has 0 amide bonds. The molecule has 0 heterocycles. The minimum absolute atomic E-state index is 0.00287. The molecule has 0 bridgehead atoms. The lowest BCUT2D eigenvalue weighted by molar-refractivity contribution is 0.677. The van der Waals surface area contributed by atoms with Crippen LogP contribution in [-0.4, -0.2) is 15.3 Å². The lowest BCUT2D eigenvalue weighted by atomic mass is 10.3. The summed E-state index contributed by atoms with van der Waals surface area (Å²) in [7, 11) is -1.13. The van der Waals surface area contributed by atoms with Crippen molar-refractivity contribution in [2.75, 3.05) is 0 Å². The van der Waals surface area contributed by atoms with Gasteiger partial charge in [0.2, 0.25) is 0 Å². The largest absolute Gasteiger partial charge is 0.403 e. The average molecular weight is 286 g/mol. The normalized spacial score (nSPS) is 14.9. The number of rotatable bonds is 4. The Morgan fingerprint density at radius 1 is 1.44 bits per heavy atom. The van der Waals surface area contributed by atoms with Gasteiger partial charge in [-0.25, -0.2) is 4.99 Å². The van der Waals surface area contributed by atoms with E-state index >= 15 is 0 Å². The van der Waals surface area contributed by atoms with Gasteiger partial charge >= 0.3 is 0 Å². The van der Waals surface area contributed by atoms with E-state index in [0.717, 1.165) is 0 Å². The van der Waals surface area contributed by atoms with Crippen molar-refractivity contribution in [1.82, 2.24) is 0 Å². The van der Waals surface area contributed by atoms with E-state index in [-0.39, 0.29) is 16.1 Å². The van der Waals surface area contributed by atoms with E-state index in [0.29, 0.717) is 10.6 Å². The van der Waals surface area contributed by atoms with Crippen molar-refractivity contribution in [2.24, 2.45) is 16.5 Å². The van der Waals surface area contributed by atoms with Crippen molar-refractivity contribution < 1.29 is 4.21 Å². The van der Waals surface area contributed by atoms with Gasteiger partial charge in [-0.05, 0) is 12.1 Å². The third kappa shape index (κ3) is 3.58. The first-order valence-corrected chi connectivity index (χ1v) is 6.98. The maximum absolute atomic E-state index is 12.1. The number of halogens is 1. The predicted molar refractivity (Wildman–Crippen MR) is 77.4 cm³/mol. The summed E-state index contributed by atoms with van der Waals surface area (Å²) in [5.74, 6) is 0.104. The fourth-order valence-corrected chi connectivity index (χ4v) is 2.32. The van der Waals surface area contributed by atoms with Crippen LogP contribution >= 0.6 is 11.6 Å². The van der Waals surface area contributed by atoms with E-state index in [4.69, 9.17) is 23.1 Å². The van der Waals surface area contributed by atoms with Crippen LogP contribution in [0.5, 0.6) is 0 Å². The lowest BCUT2D eigenvalue weighted by Gasteiger charge is -2.08. The van der Waals surface area contributed by atoms with Crippen LogP contribution in [0.4, 0.5) is 5.69 Å². The fourth-order valence-electron chi connectivity index (χ4n) is 1.24. The van der Waals surface area contributed by atoms with E-state index in [1.165, 1.54) is 6.20 Å². The van der Waals surface area contributed by atoms with Gasteiger partial charge in [-0.3, -0.25) is 4.21 Å². The first-order valence-electron chi connectivity index (χ1n) is 5.39. The van der Waals surface area contributed by atoms with Gasteiger partial charge < -0.3 is 11.5 Å². The van der Waals surface area contributed by atoms with Crippen molar-refractivity contribution >= 4 is 33.9 Å². The van der Waals surface area contributed by atoms with Crippen molar-refractivity contribution in [1.29, 1.82) is 0 Å². The number of amidine groups is 1. The van der Waals surface area contributed by atoms with Crippen LogP contribution in [0.25, 0.3) is 0 Å². The molecule has 0 saturated heterocycles. The van der Waals surface area contributed by atoms with E-state index in [1.54, 1.807) is 18.2 Å². The van der Waals surface area contributed by atoms with Crippen molar-refractivity contribution in [2.45, 2.75) is 24.0 Å². The van der Waals surface area contributed by atoms with Crippen molar-refractivity contribution in [3.63, 3.8) is 0 Å². The van der Waals surface area contributed by atoms with Crippen LogP contribution < -0.4 is 11.5 Å². The van der Waals surface area contributed by atoms with E-state index in [9.17, 15) is 4.21 Å². The van der Waals surface area contributed by atoms with Gasteiger partial charge in [0.05, 0.1) is 26.4 Å². The molecule has 0 aromatic heterocycles. The molecular formula is C12H16ClN3OS. The Morgan fingerprint density at radius 2 is 2.06 bits per heavy atom. The number of nitrogens with two attached hydrogens (primary N) is 2. The number of hydrogen-bond donors (Lipinski definition) is 2. The van der Waals surface area contributed by atoms with Gasteiger partial charge in [0.25, 0.3) is 0 Å². The van der Waals surface area contributed by atoms with Crippen LogP contribution in [-0.2, 0) is 10.8 Å². The summed E-state index contributed by atoms with van der Waals surface area (Å²) >= 11 is 5.76. The molecule has 0 aliphatic rings. The highest BCUT2D eigenvalue weighted by molar-refractivity contribution is 7.85. The summed E-state index contributed by atoms with van der Waals surface area (Å²) in [5, 5.41) is 0.170. The molecule has 1 atom stereocenters. The van der Waals surface area contributed by atoms with Gasteiger partial charge in [0.15, 0.2) is 0 Å². The molecule has 0 aliphatic carbocycles. The predicted octanol–water partition coefficient (Wildman–Crippen LogP) is 2.23. The van der Waals surface area contributed by atoms with Gasteiger partial charge in [0, 0.05) is 11.4 Å². The maximum atomic E-state index is 12.1. The molecule has 1 rings (SSSR count). The van der Waals surface area contributed by atoms with E-state index in [1.807, 2.05) is 19.9 Å². The van der Waals surface area contributed by atoms with Crippen molar-refractivity contribution in [3.8, 4) is 0 Å². The first kappa shape index (κ1) is 14.7. The van der Waals surface area contributed by atoms with Crippen LogP contribution in [0.3, 0.4) is 0 Å². The first-order chi connectivity index (χ1) is 8.47. The van der Waals surface area contributed by atoms with Crippen LogP contribution in [0, 0.1) is 0 Å². The van der Waals surface area contributed by atoms with Gasteiger partial charge in [-0.2, -0.15) is 0 Å². The summed E-state index contributed by atoms with van der Waals surface area (Å²) in [5.41, 5.74) is 11.5. The Hall–Kier alpha value is -1.33.